The van der Waals surface area contributed by atoms with E-state index in [4.69, 9.17) is 10.00 Å². The van der Waals surface area contributed by atoms with Crippen LogP contribution in [-0.4, -0.2) is 43.1 Å². The summed E-state index contributed by atoms with van der Waals surface area (Å²) in [5.74, 6) is 0.288. The third-order valence-electron chi connectivity index (χ3n) is 3.72. The summed E-state index contributed by atoms with van der Waals surface area (Å²) in [6, 6.07) is 9.30. The summed E-state index contributed by atoms with van der Waals surface area (Å²) in [6.07, 6.45) is 2.48. The van der Waals surface area contributed by atoms with Crippen molar-refractivity contribution in [3.8, 4) is 11.8 Å². The van der Waals surface area contributed by atoms with Crippen LogP contribution in [0.1, 0.15) is 25.3 Å². The number of carbonyl (C=O) groups excluding carboxylic acids is 1. The standard InChI is InChI=1S/C16H21N3O2/c1-13(19-8-4-5-9-19)11-18-16(20)12-21-15-7-3-2-6-14(15)10-17/h2-3,6-7,13H,4-5,8-9,11-12H2,1H3,(H,18,20). The number of nitrogens with zero attached hydrogens (tertiary/aromatic N) is 2. The van der Waals surface area contributed by atoms with Crippen LogP contribution >= 0.6 is 0 Å². The molecule has 1 aliphatic heterocycles. The van der Waals surface area contributed by atoms with Gasteiger partial charge in [0.1, 0.15) is 11.8 Å². The van der Waals surface area contributed by atoms with E-state index in [0.717, 1.165) is 13.1 Å². The Bertz CT molecular complexity index is 518. The van der Waals surface area contributed by atoms with Crippen LogP contribution in [0.25, 0.3) is 0 Å². The summed E-state index contributed by atoms with van der Waals surface area (Å²) in [5, 5.41) is 11.8. The number of amides is 1. The van der Waals surface area contributed by atoms with Gasteiger partial charge < -0.3 is 10.1 Å². The fraction of sp³-hybridized carbons (Fsp3) is 0.500. The Morgan fingerprint density at radius 2 is 2.14 bits per heavy atom. The number of nitriles is 1. The first-order chi connectivity index (χ1) is 10.2. The molecule has 1 aromatic rings. The van der Waals surface area contributed by atoms with Crippen LogP contribution in [0.2, 0.25) is 0 Å². The maximum atomic E-state index is 11.8. The van der Waals surface area contributed by atoms with Crippen LogP contribution in [0.3, 0.4) is 0 Å². The molecule has 1 heterocycles. The first kappa shape index (κ1) is 15.3. The number of benzene rings is 1. The van der Waals surface area contributed by atoms with Gasteiger partial charge in [-0.05, 0) is 45.0 Å². The molecule has 1 saturated heterocycles. The van der Waals surface area contributed by atoms with Gasteiger partial charge in [0.25, 0.3) is 5.91 Å². The number of likely N-dealkylation sites (tertiary alicyclic amines) is 1. The third-order valence-corrected chi connectivity index (χ3v) is 3.72. The number of rotatable bonds is 6. The summed E-state index contributed by atoms with van der Waals surface area (Å²) < 4.78 is 5.40. The van der Waals surface area contributed by atoms with Crippen molar-refractivity contribution in [3.63, 3.8) is 0 Å². The molecule has 0 bridgehead atoms. The molecule has 0 spiro atoms. The molecular weight excluding hydrogens is 266 g/mol. The maximum absolute atomic E-state index is 11.8. The Hall–Kier alpha value is -2.06. The monoisotopic (exact) mass is 287 g/mol. The molecule has 1 amide bonds. The molecule has 5 nitrogen and oxygen atoms in total. The predicted molar refractivity (Wildman–Crippen MR) is 79.9 cm³/mol. The highest BCUT2D eigenvalue weighted by atomic mass is 16.5. The highest BCUT2D eigenvalue weighted by molar-refractivity contribution is 5.77. The summed E-state index contributed by atoms with van der Waals surface area (Å²) in [7, 11) is 0. The Kier molecular flexibility index (Phi) is 5.59. The lowest BCUT2D eigenvalue weighted by Crippen LogP contribution is -2.42. The zero-order valence-electron chi connectivity index (χ0n) is 12.3. The van der Waals surface area contributed by atoms with E-state index in [0.29, 0.717) is 23.9 Å². The van der Waals surface area contributed by atoms with Gasteiger partial charge in [-0.2, -0.15) is 5.26 Å². The molecule has 1 atom stereocenters. The molecule has 112 valence electrons. The van der Waals surface area contributed by atoms with Crippen LogP contribution in [0.15, 0.2) is 24.3 Å². The second-order valence-corrected chi connectivity index (χ2v) is 5.29. The Morgan fingerprint density at radius 3 is 2.86 bits per heavy atom. The Labute approximate surface area is 125 Å². The third kappa shape index (κ3) is 4.47. The van der Waals surface area contributed by atoms with E-state index >= 15 is 0 Å². The van der Waals surface area contributed by atoms with Crippen LogP contribution in [0.5, 0.6) is 5.75 Å². The number of hydrogen-bond acceptors (Lipinski definition) is 4. The fourth-order valence-electron chi connectivity index (χ4n) is 2.45. The van der Waals surface area contributed by atoms with E-state index in [1.807, 2.05) is 6.07 Å². The number of nitrogens with one attached hydrogen (secondary N) is 1. The second kappa shape index (κ2) is 7.65. The normalized spacial score (nSPS) is 16.2. The molecule has 0 aliphatic carbocycles. The Morgan fingerprint density at radius 1 is 1.43 bits per heavy atom. The lowest BCUT2D eigenvalue weighted by Gasteiger charge is -2.23. The van der Waals surface area contributed by atoms with Crippen molar-refractivity contribution in [1.29, 1.82) is 5.26 Å². The molecule has 1 N–H and O–H groups in total. The quantitative estimate of drug-likeness (QED) is 0.862. The van der Waals surface area contributed by atoms with Gasteiger partial charge in [0.2, 0.25) is 0 Å². The minimum atomic E-state index is -0.159. The molecule has 0 saturated carbocycles. The SMILES string of the molecule is CC(CNC(=O)COc1ccccc1C#N)N1CCCC1. The number of carbonyl (C=O) groups is 1. The van der Waals surface area contributed by atoms with Crippen molar-refractivity contribution in [2.45, 2.75) is 25.8 Å². The highest BCUT2D eigenvalue weighted by Crippen LogP contribution is 2.16. The molecule has 1 aromatic carbocycles. The van der Waals surface area contributed by atoms with Gasteiger partial charge in [-0.15, -0.1) is 0 Å². The summed E-state index contributed by atoms with van der Waals surface area (Å²) in [5.41, 5.74) is 0.440. The molecule has 1 fully saturated rings. The summed E-state index contributed by atoms with van der Waals surface area (Å²) in [6.45, 7) is 4.91. The Balaban J connectivity index is 1.73. The van der Waals surface area contributed by atoms with E-state index < -0.39 is 0 Å². The van der Waals surface area contributed by atoms with Gasteiger partial charge in [0.15, 0.2) is 6.61 Å². The van der Waals surface area contributed by atoms with Crippen molar-refractivity contribution >= 4 is 5.91 Å². The lowest BCUT2D eigenvalue weighted by atomic mass is 10.2. The van der Waals surface area contributed by atoms with E-state index in [1.54, 1.807) is 24.3 Å². The molecule has 1 unspecified atom stereocenters. The number of para-hydroxylation sites is 1. The largest absolute Gasteiger partial charge is 0.482 e. The van der Waals surface area contributed by atoms with E-state index in [1.165, 1.54) is 12.8 Å². The summed E-state index contributed by atoms with van der Waals surface area (Å²) >= 11 is 0. The lowest BCUT2D eigenvalue weighted by molar-refractivity contribution is -0.123. The molecule has 0 radical (unpaired) electrons. The molecule has 5 heteroatoms. The summed E-state index contributed by atoms with van der Waals surface area (Å²) in [4.78, 5) is 14.2. The molecule has 0 aromatic heterocycles. The van der Waals surface area contributed by atoms with Crippen molar-refractivity contribution in [3.05, 3.63) is 29.8 Å². The zero-order valence-corrected chi connectivity index (χ0v) is 12.3. The van der Waals surface area contributed by atoms with Gasteiger partial charge in [-0.1, -0.05) is 12.1 Å². The zero-order chi connectivity index (χ0) is 15.1. The van der Waals surface area contributed by atoms with Crippen molar-refractivity contribution in [2.75, 3.05) is 26.2 Å². The minimum absolute atomic E-state index is 0.0641. The molecule has 21 heavy (non-hydrogen) atoms. The van der Waals surface area contributed by atoms with Crippen LogP contribution < -0.4 is 10.1 Å². The van der Waals surface area contributed by atoms with Gasteiger partial charge in [-0.3, -0.25) is 9.69 Å². The first-order valence-corrected chi connectivity index (χ1v) is 7.33. The average Bonchev–Trinajstić information content (AvgIpc) is 3.05. The van der Waals surface area contributed by atoms with Crippen LogP contribution in [-0.2, 0) is 4.79 Å². The smallest absolute Gasteiger partial charge is 0.257 e. The van der Waals surface area contributed by atoms with Crippen LogP contribution in [0, 0.1) is 11.3 Å². The number of hydrogen-bond donors (Lipinski definition) is 1. The van der Waals surface area contributed by atoms with Gasteiger partial charge >= 0.3 is 0 Å². The van der Waals surface area contributed by atoms with Gasteiger partial charge in [0, 0.05) is 12.6 Å². The maximum Gasteiger partial charge on any atom is 0.257 e. The van der Waals surface area contributed by atoms with E-state index in [9.17, 15) is 4.79 Å². The van der Waals surface area contributed by atoms with E-state index in [-0.39, 0.29) is 12.5 Å². The first-order valence-electron chi connectivity index (χ1n) is 7.33. The number of ether oxygens (including phenoxy) is 1. The highest BCUT2D eigenvalue weighted by Gasteiger charge is 2.18. The minimum Gasteiger partial charge on any atom is -0.482 e. The molecule has 1 aliphatic rings. The van der Waals surface area contributed by atoms with Gasteiger partial charge in [-0.25, -0.2) is 0 Å². The van der Waals surface area contributed by atoms with Crippen molar-refractivity contribution in [1.82, 2.24) is 10.2 Å². The van der Waals surface area contributed by atoms with Gasteiger partial charge in [0.05, 0.1) is 5.56 Å². The fourth-order valence-corrected chi connectivity index (χ4v) is 2.45. The van der Waals surface area contributed by atoms with Crippen molar-refractivity contribution in [2.24, 2.45) is 0 Å². The second-order valence-electron chi connectivity index (χ2n) is 5.29. The van der Waals surface area contributed by atoms with Crippen LogP contribution in [0.4, 0.5) is 0 Å². The van der Waals surface area contributed by atoms with Crippen molar-refractivity contribution < 1.29 is 9.53 Å². The molecule has 2 rings (SSSR count). The van der Waals surface area contributed by atoms with E-state index in [2.05, 4.69) is 17.1 Å². The predicted octanol–water partition coefficient (Wildman–Crippen LogP) is 1.54. The topological polar surface area (TPSA) is 65.4 Å². The average molecular weight is 287 g/mol. The molecular formula is C16H21N3O2.